The van der Waals surface area contributed by atoms with Crippen LogP contribution in [-0.4, -0.2) is 59.6 Å². The number of aliphatic hydroxyl groups excluding tert-OH is 1. The van der Waals surface area contributed by atoms with Crippen molar-refractivity contribution in [1.82, 2.24) is 9.80 Å². The summed E-state index contributed by atoms with van der Waals surface area (Å²) in [6, 6.07) is 5.12. The van der Waals surface area contributed by atoms with Gasteiger partial charge in [0, 0.05) is 37.2 Å². The molecule has 0 saturated carbocycles. The van der Waals surface area contributed by atoms with Gasteiger partial charge in [-0.3, -0.25) is 9.69 Å². The SMILES string of the molecule is CCC(CO)N1CCN(C(=O)c2ccc(Cl)cc2Cl)CC1. The van der Waals surface area contributed by atoms with E-state index in [2.05, 4.69) is 11.8 Å². The van der Waals surface area contributed by atoms with E-state index in [1.807, 2.05) is 0 Å². The fourth-order valence-corrected chi connectivity index (χ4v) is 3.12. The normalized spacial score (nSPS) is 17.8. The second kappa shape index (κ2) is 7.45. The molecular weight excluding hydrogens is 311 g/mol. The molecule has 1 fully saturated rings. The number of carbonyl (C=O) groups excluding carboxylic acids is 1. The third-order valence-corrected chi connectivity index (χ3v) is 4.51. The maximum Gasteiger partial charge on any atom is 0.255 e. The van der Waals surface area contributed by atoms with E-state index in [0.717, 1.165) is 19.5 Å². The highest BCUT2D eigenvalue weighted by molar-refractivity contribution is 6.36. The molecule has 6 heteroatoms. The van der Waals surface area contributed by atoms with Crippen molar-refractivity contribution in [2.45, 2.75) is 19.4 Å². The molecule has 1 saturated heterocycles. The molecule has 1 aliphatic rings. The monoisotopic (exact) mass is 330 g/mol. The molecule has 1 aromatic rings. The Morgan fingerprint density at radius 2 is 1.95 bits per heavy atom. The molecule has 0 aliphatic carbocycles. The summed E-state index contributed by atoms with van der Waals surface area (Å²) in [5.74, 6) is -0.0617. The quantitative estimate of drug-likeness (QED) is 0.922. The highest BCUT2D eigenvalue weighted by Gasteiger charge is 2.26. The smallest absolute Gasteiger partial charge is 0.255 e. The summed E-state index contributed by atoms with van der Waals surface area (Å²) in [5.41, 5.74) is 0.490. The van der Waals surface area contributed by atoms with Crippen molar-refractivity contribution >= 4 is 29.1 Å². The number of halogens is 2. The Labute approximate surface area is 135 Å². The van der Waals surface area contributed by atoms with Crippen LogP contribution < -0.4 is 0 Å². The Kier molecular flexibility index (Phi) is 5.88. The molecule has 1 heterocycles. The predicted octanol–water partition coefficient (Wildman–Crippen LogP) is 2.52. The van der Waals surface area contributed by atoms with Crippen molar-refractivity contribution in [1.29, 1.82) is 0 Å². The van der Waals surface area contributed by atoms with Crippen molar-refractivity contribution in [3.63, 3.8) is 0 Å². The maximum absolute atomic E-state index is 12.5. The molecule has 0 bridgehead atoms. The van der Waals surface area contributed by atoms with Crippen molar-refractivity contribution in [2.75, 3.05) is 32.8 Å². The molecule has 1 N–H and O–H groups in total. The zero-order valence-electron chi connectivity index (χ0n) is 12.1. The lowest BCUT2D eigenvalue weighted by Crippen LogP contribution is -2.52. The van der Waals surface area contributed by atoms with E-state index in [9.17, 15) is 9.90 Å². The Balaban J connectivity index is 2.00. The number of piperazine rings is 1. The fraction of sp³-hybridized carbons (Fsp3) is 0.533. The highest BCUT2D eigenvalue weighted by atomic mass is 35.5. The summed E-state index contributed by atoms with van der Waals surface area (Å²) < 4.78 is 0. The lowest BCUT2D eigenvalue weighted by Gasteiger charge is -2.38. The molecule has 2 rings (SSSR count). The van der Waals surface area contributed by atoms with E-state index in [-0.39, 0.29) is 18.6 Å². The van der Waals surface area contributed by atoms with Crippen LogP contribution in [0.2, 0.25) is 10.0 Å². The van der Waals surface area contributed by atoms with Gasteiger partial charge in [-0.15, -0.1) is 0 Å². The molecule has 1 unspecified atom stereocenters. The van der Waals surface area contributed by atoms with E-state index in [0.29, 0.717) is 28.7 Å². The van der Waals surface area contributed by atoms with Crippen LogP contribution in [0.25, 0.3) is 0 Å². The first-order valence-corrected chi connectivity index (χ1v) is 7.91. The molecule has 4 nitrogen and oxygen atoms in total. The van der Waals surface area contributed by atoms with E-state index in [4.69, 9.17) is 23.2 Å². The van der Waals surface area contributed by atoms with Crippen molar-refractivity contribution < 1.29 is 9.90 Å². The number of carbonyl (C=O) groups is 1. The molecule has 1 aromatic carbocycles. The molecule has 1 amide bonds. The van der Waals surface area contributed by atoms with E-state index < -0.39 is 0 Å². The van der Waals surface area contributed by atoms with Crippen LogP contribution in [0.15, 0.2) is 18.2 Å². The lowest BCUT2D eigenvalue weighted by atomic mass is 10.1. The number of hydrogen-bond acceptors (Lipinski definition) is 3. The van der Waals surface area contributed by atoms with Crippen LogP contribution in [0.4, 0.5) is 0 Å². The minimum Gasteiger partial charge on any atom is -0.395 e. The first kappa shape index (κ1) is 16.6. The summed E-state index contributed by atoms with van der Waals surface area (Å²) >= 11 is 11.9. The molecule has 0 radical (unpaired) electrons. The Bertz CT molecular complexity index is 498. The number of rotatable bonds is 4. The first-order valence-electron chi connectivity index (χ1n) is 7.16. The molecule has 1 aliphatic heterocycles. The van der Waals surface area contributed by atoms with Crippen LogP contribution in [0.3, 0.4) is 0 Å². The van der Waals surface area contributed by atoms with Crippen LogP contribution in [-0.2, 0) is 0 Å². The third kappa shape index (κ3) is 3.89. The second-order valence-electron chi connectivity index (χ2n) is 5.20. The number of aliphatic hydroxyl groups is 1. The van der Waals surface area contributed by atoms with Gasteiger partial charge in [0.2, 0.25) is 0 Å². The molecule has 0 aromatic heterocycles. The standard InChI is InChI=1S/C15H20Cl2N2O2/c1-2-12(10-20)18-5-7-19(8-6-18)15(21)13-4-3-11(16)9-14(13)17/h3-4,9,12,20H,2,5-8,10H2,1H3. The molecule has 0 spiro atoms. The van der Waals surface area contributed by atoms with Gasteiger partial charge in [0.1, 0.15) is 0 Å². The zero-order chi connectivity index (χ0) is 15.4. The van der Waals surface area contributed by atoms with Gasteiger partial charge in [0.05, 0.1) is 17.2 Å². The van der Waals surface area contributed by atoms with Crippen LogP contribution >= 0.6 is 23.2 Å². The number of benzene rings is 1. The van der Waals surface area contributed by atoms with Gasteiger partial charge in [-0.05, 0) is 24.6 Å². The van der Waals surface area contributed by atoms with Gasteiger partial charge in [0.25, 0.3) is 5.91 Å². The second-order valence-corrected chi connectivity index (χ2v) is 6.04. The molecular formula is C15H20Cl2N2O2. The summed E-state index contributed by atoms with van der Waals surface area (Å²) in [7, 11) is 0. The number of amides is 1. The zero-order valence-corrected chi connectivity index (χ0v) is 13.6. The van der Waals surface area contributed by atoms with Crippen LogP contribution in [0.1, 0.15) is 23.7 Å². The van der Waals surface area contributed by atoms with Gasteiger partial charge < -0.3 is 10.0 Å². The molecule has 1 atom stereocenters. The minimum atomic E-state index is -0.0617. The first-order chi connectivity index (χ1) is 10.1. The number of hydrogen-bond donors (Lipinski definition) is 1. The maximum atomic E-state index is 12.5. The van der Waals surface area contributed by atoms with E-state index >= 15 is 0 Å². The number of nitrogens with zero attached hydrogens (tertiary/aromatic N) is 2. The van der Waals surface area contributed by atoms with Gasteiger partial charge in [-0.2, -0.15) is 0 Å². The lowest BCUT2D eigenvalue weighted by molar-refractivity contribution is 0.0472. The average molecular weight is 331 g/mol. The fourth-order valence-electron chi connectivity index (χ4n) is 2.63. The van der Waals surface area contributed by atoms with Crippen molar-refractivity contribution in [3.05, 3.63) is 33.8 Å². The van der Waals surface area contributed by atoms with E-state index in [1.165, 1.54) is 0 Å². The largest absolute Gasteiger partial charge is 0.395 e. The average Bonchev–Trinajstić information content (AvgIpc) is 2.48. The Morgan fingerprint density at radius 1 is 1.29 bits per heavy atom. The summed E-state index contributed by atoms with van der Waals surface area (Å²) in [5, 5.41) is 10.3. The minimum absolute atomic E-state index is 0.0617. The summed E-state index contributed by atoms with van der Waals surface area (Å²) in [4.78, 5) is 16.5. The van der Waals surface area contributed by atoms with Gasteiger partial charge in [-0.1, -0.05) is 30.1 Å². The van der Waals surface area contributed by atoms with Crippen molar-refractivity contribution in [3.8, 4) is 0 Å². The Hall–Kier alpha value is -0.810. The predicted molar refractivity (Wildman–Crippen MR) is 85.1 cm³/mol. The van der Waals surface area contributed by atoms with Gasteiger partial charge in [-0.25, -0.2) is 0 Å². The molecule has 21 heavy (non-hydrogen) atoms. The van der Waals surface area contributed by atoms with E-state index in [1.54, 1.807) is 23.1 Å². The topological polar surface area (TPSA) is 43.8 Å². The van der Waals surface area contributed by atoms with Gasteiger partial charge >= 0.3 is 0 Å². The molecule has 116 valence electrons. The Morgan fingerprint density at radius 3 is 2.48 bits per heavy atom. The van der Waals surface area contributed by atoms with Gasteiger partial charge in [0.15, 0.2) is 0 Å². The summed E-state index contributed by atoms with van der Waals surface area (Å²) in [6.07, 6.45) is 0.910. The third-order valence-electron chi connectivity index (χ3n) is 3.96. The summed E-state index contributed by atoms with van der Waals surface area (Å²) in [6.45, 7) is 5.06. The van der Waals surface area contributed by atoms with Crippen molar-refractivity contribution in [2.24, 2.45) is 0 Å². The highest BCUT2D eigenvalue weighted by Crippen LogP contribution is 2.23. The van der Waals surface area contributed by atoms with Crippen LogP contribution in [0.5, 0.6) is 0 Å². The van der Waals surface area contributed by atoms with Crippen LogP contribution in [0, 0.1) is 0 Å².